The highest BCUT2D eigenvalue weighted by Crippen LogP contribution is 2.34. The largest absolute Gasteiger partial charge is 0.474 e. The summed E-state index contributed by atoms with van der Waals surface area (Å²) in [7, 11) is 2.12. The number of ether oxygens (including phenoxy) is 1. The van der Waals surface area contributed by atoms with Crippen molar-refractivity contribution in [2.45, 2.75) is 6.92 Å². The number of piperazine rings is 1. The molecule has 3 aromatic rings. The van der Waals surface area contributed by atoms with E-state index in [9.17, 15) is 9.59 Å². The van der Waals surface area contributed by atoms with Crippen molar-refractivity contribution in [2.24, 2.45) is 0 Å². The molecule has 1 fully saturated rings. The van der Waals surface area contributed by atoms with Crippen LogP contribution in [-0.4, -0.2) is 67.2 Å². The molecular formula is C25H29N7O3. The molecular weight excluding hydrogens is 446 g/mol. The van der Waals surface area contributed by atoms with Crippen molar-refractivity contribution in [3.63, 3.8) is 0 Å². The van der Waals surface area contributed by atoms with Gasteiger partial charge in [0.2, 0.25) is 5.88 Å². The van der Waals surface area contributed by atoms with Gasteiger partial charge in [0, 0.05) is 55.9 Å². The molecule has 1 amide bonds. The lowest BCUT2D eigenvalue weighted by atomic mass is 10.1. The number of hydrogen-bond acceptors (Lipinski definition) is 8. The van der Waals surface area contributed by atoms with Crippen molar-refractivity contribution >= 4 is 34.3 Å². The number of anilines is 5. The summed E-state index contributed by atoms with van der Waals surface area (Å²) in [4.78, 5) is 37.4. The first kappa shape index (κ1) is 22.7. The molecule has 2 aliphatic rings. The number of hydrogen-bond donors (Lipinski definition) is 4. The number of likely N-dealkylation sites (N-methyl/N-ethyl adjacent to an activating group) is 1. The van der Waals surface area contributed by atoms with Crippen LogP contribution in [0.4, 0.5) is 28.4 Å². The first-order valence-electron chi connectivity index (χ1n) is 11.7. The summed E-state index contributed by atoms with van der Waals surface area (Å²) in [5.41, 5.74) is 4.01. The van der Waals surface area contributed by atoms with Gasteiger partial charge in [0.05, 0.1) is 17.6 Å². The van der Waals surface area contributed by atoms with Crippen LogP contribution >= 0.6 is 0 Å². The first-order valence-corrected chi connectivity index (χ1v) is 11.7. The number of nitrogens with zero attached hydrogens (tertiary/aromatic N) is 3. The van der Waals surface area contributed by atoms with Gasteiger partial charge >= 0.3 is 0 Å². The minimum atomic E-state index is -0.494. The Hall–Kier alpha value is -4.05. The van der Waals surface area contributed by atoms with Crippen LogP contribution < -0.4 is 31.1 Å². The predicted molar refractivity (Wildman–Crippen MR) is 137 cm³/mol. The SMILES string of the molecule is Cc1c(Nc2cc[nH]c(=O)c2C(=O)Nc2ccc(N3CCN(C)CC3)cc2)cnc2c1NCCO2. The van der Waals surface area contributed by atoms with Gasteiger partial charge in [-0.05, 0) is 44.3 Å². The Morgan fingerprint density at radius 3 is 2.63 bits per heavy atom. The van der Waals surface area contributed by atoms with Crippen LogP contribution in [0.25, 0.3) is 0 Å². The minimum Gasteiger partial charge on any atom is -0.474 e. The zero-order chi connectivity index (χ0) is 24.4. The molecule has 0 atom stereocenters. The monoisotopic (exact) mass is 475 g/mol. The molecule has 0 spiro atoms. The average molecular weight is 476 g/mol. The van der Waals surface area contributed by atoms with E-state index in [4.69, 9.17) is 4.74 Å². The number of benzene rings is 1. The van der Waals surface area contributed by atoms with Crippen molar-refractivity contribution in [1.29, 1.82) is 0 Å². The molecule has 5 rings (SSSR count). The van der Waals surface area contributed by atoms with E-state index in [2.05, 4.69) is 42.8 Å². The summed E-state index contributed by atoms with van der Waals surface area (Å²) >= 11 is 0. The Bertz CT molecular complexity index is 1280. The fraction of sp³-hybridized carbons (Fsp3) is 0.320. The van der Waals surface area contributed by atoms with Gasteiger partial charge in [-0.1, -0.05) is 0 Å². The molecule has 2 aromatic heterocycles. The van der Waals surface area contributed by atoms with Crippen LogP contribution in [0, 0.1) is 6.92 Å². The van der Waals surface area contributed by atoms with Crippen molar-refractivity contribution < 1.29 is 9.53 Å². The Balaban J connectivity index is 1.34. The van der Waals surface area contributed by atoms with E-state index >= 15 is 0 Å². The molecule has 35 heavy (non-hydrogen) atoms. The van der Waals surface area contributed by atoms with Crippen LogP contribution in [0.2, 0.25) is 0 Å². The number of carbonyl (C=O) groups is 1. The Labute approximate surface area is 203 Å². The molecule has 4 N–H and O–H groups in total. The van der Waals surface area contributed by atoms with E-state index in [1.807, 2.05) is 31.2 Å². The lowest BCUT2D eigenvalue weighted by Crippen LogP contribution is -2.44. The van der Waals surface area contributed by atoms with Crippen LogP contribution in [0.15, 0.2) is 47.5 Å². The number of nitrogens with one attached hydrogen (secondary N) is 4. The summed E-state index contributed by atoms with van der Waals surface area (Å²) in [5, 5.41) is 9.35. The number of fused-ring (bicyclic) bond motifs is 1. The maximum absolute atomic E-state index is 13.2. The number of rotatable bonds is 5. The predicted octanol–water partition coefficient (Wildman–Crippen LogP) is 2.63. The molecule has 1 saturated heterocycles. The van der Waals surface area contributed by atoms with Gasteiger partial charge in [-0.3, -0.25) is 9.59 Å². The van der Waals surface area contributed by atoms with Gasteiger partial charge in [-0.15, -0.1) is 0 Å². The number of aromatic amines is 1. The van der Waals surface area contributed by atoms with Gasteiger partial charge in [0.15, 0.2) is 0 Å². The quantitative estimate of drug-likeness (QED) is 0.445. The molecule has 4 heterocycles. The van der Waals surface area contributed by atoms with Crippen LogP contribution in [0.5, 0.6) is 5.88 Å². The van der Waals surface area contributed by atoms with Gasteiger partial charge in [0.25, 0.3) is 11.5 Å². The third-order valence-electron chi connectivity index (χ3n) is 6.40. The van der Waals surface area contributed by atoms with E-state index in [0.717, 1.165) is 43.1 Å². The zero-order valence-electron chi connectivity index (χ0n) is 19.9. The van der Waals surface area contributed by atoms with E-state index in [0.29, 0.717) is 36.1 Å². The van der Waals surface area contributed by atoms with Gasteiger partial charge in [-0.2, -0.15) is 0 Å². The second-order valence-corrected chi connectivity index (χ2v) is 8.76. The van der Waals surface area contributed by atoms with Gasteiger partial charge in [-0.25, -0.2) is 4.98 Å². The molecule has 0 aliphatic carbocycles. The molecule has 0 radical (unpaired) electrons. The fourth-order valence-corrected chi connectivity index (χ4v) is 4.31. The van der Waals surface area contributed by atoms with Crippen LogP contribution in [0.3, 0.4) is 0 Å². The third kappa shape index (κ3) is 4.78. The highest BCUT2D eigenvalue weighted by atomic mass is 16.5. The Morgan fingerprint density at radius 2 is 1.86 bits per heavy atom. The molecule has 1 aromatic carbocycles. The molecule has 0 bridgehead atoms. The first-order chi connectivity index (χ1) is 17.0. The maximum Gasteiger partial charge on any atom is 0.263 e. The number of H-pyrrole nitrogens is 1. The summed E-state index contributed by atoms with van der Waals surface area (Å²) < 4.78 is 5.58. The third-order valence-corrected chi connectivity index (χ3v) is 6.40. The zero-order valence-corrected chi connectivity index (χ0v) is 19.9. The molecule has 0 saturated carbocycles. The van der Waals surface area contributed by atoms with Crippen LogP contribution in [0.1, 0.15) is 15.9 Å². The highest BCUT2D eigenvalue weighted by molar-refractivity contribution is 6.08. The number of carbonyl (C=O) groups excluding carboxylic acids is 1. The molecule has 10 nitrogen and oxygen atoms in total. The number of pyridine rings is 2. The Morgan fingerprint density at radius 1 is 1.09 bits per heavy atom. The Kier molecular flexibility index (Phi) is 6.28. The van der Waals surface area contributed by atoms with Crippen LogP contribution in [-0.2, 0) is 0 Å². The molecule has 0 unspecified atom stereocenters. The number of aromatic nitrogens is 2. The smallest absolute Gasteiger partial charge is 0.263 e. The van der Waals surface area contributed by atoms with Gasteiger partial charge in [0.1, 0.15) is 17.9 Å². The molecule has 182 valence electrons. The highest BCUT2D eigenvalue weighted by Gasteiger charge is 2.20. The summed E-state index contributed by atoms with van der Waals surface area (Å²) in [5.74, 6) is 0.0509. The number of amides is 1. The second-order valence-electron chi connectivity index (χ2n) is 8.76. The van der Waals surface area contributed by atoms with Crippen molar-refractivity contribution in [1.82, 2.24) is 14.9 Å². The van der Waals surface area contributed by atoms with E-state index in [1.165, 1.54) is 6.20 Å². The fourth-order valence-electron chi connectivity index (χ4n) is 4.31. The summed E-state index contributed by atoms with van der Waals surface area (Å²) in [6.45, 7) is 7.15. The second kappa shape index (κ2) is 9.67. The van der Waals surface area contributed by atoms with E-state index in [-0.39, 0.29) is 5.56 Å². The minimum absolute atomic E-state index is 0.00280. The topological polar surface area (TPSA) is 115 Å². The standard InChI is InChI=1S/C25H29N7O3/c1-16-20(15-28-25-22(16)26-9-14-35-25)30-19-7-8-27-23(33)21(19)24(34)29-17-3-5-18(6-4-17)32-12-10-31(2)11-13-32/h3-8,15,26H,9-14H2,1-2H3,(H,29,34)(H2,27,30,33). The molecule has 10 heteroatoms. The van der Waals surface area contributed by atoms with Crippen molar-refractivity contribution in [3.8, 4) is 5.88 Å². The lowest BCUT2D eigenvalue weighted by molar-refractivity contribution is 0.102. The lowest BCUT2D eigenvalue weighted by Gasteiger charge is -2.34. The van der Waals surface area contributed by atoms with Crippen molar-refractivity contribution in [2.75, 3.05) is 67.2 Å². The van der Waals surface area contributed by atoms with E-state index in [1.54, 1.807) is 12.3 Å². The summed E-state index contributed by atoms with van der Waals surface area (Å²) in [6, 6.07) is 9.37. The normalized spacial score (nSPS) is 15.5. The van der Waals surface area contributed by atoms with Gasteiger partial charge < -0.3 is 35.5 Å². The van der Waals surface area contributed by atoms with E-state index < -0.39 is 11.5 Å². The summed E-state index contributed by atoms with van der Waals surface area (Å²) in [6.07, 6.45) is 3.15. The maximum atomic E-state index is 13.2. The molecule has 2 aliphatic heterocycles. The van der Waals surface area contributed by atoms with Crippen molar-refractivity contribution in [3.05, 3.63) is 64.2 Å². The average Bonchev–Trinajstić information content (AvgIpc) is 2.87.